The van der Waals surface area contributed by atoms with Gasteiger partial charge in [-0.05, 0) is 6.92 Å². The molecule has 0 bridgehead atoms. The molecule has 0 spiro atoms. The Morgan fingerprint density at radius 3 is 2.40 bits per heavy atom. The Hall–Kier alpha value is -0.660. The molecular formula is C9H16O6. The van der Waals surface area contributed by atoms with E-state index in [2.05, 4.69) is 0 Å². The molecule has 1 fully saturated rings. The summed E-state index contributed by atoms with van der Waals surface area (Å²) in [7, 11) is 0. The highest BCUT2D eigenvalue weighted by Gasteiger charge is 2.44. The summed E-state index contributed by atoms with van der Waals surface area (Å²) in [5.74, 6) is 0. The molecule has 0 aliphatic carbocycles. The van der Waals surface area contributed by atoms with Gasteiger partial charge in [-0.2, -0.15) is 0 Å². The second-order valence-electron chi connectivity index (χ2n) is 3.30. The average molecular weight is 220 g/mol. The van der Waals surface area contributed by atoms with Crippen molar-refractivity contribution in [1.29, 1.82) is 0 Å². The molecule has 88 valence electrons. The maximum atomic E-state index is 9.47. The molecule has 4 N–H and O–H groups in total. The predicted molar refractivity (Wildman–Crippen MR) is 49.7 cm³/mol. The minimum absolute atomic E-state index is 0.458. The Balaban J connectivity index is 2.65. The first kappa shape index (κ1) is 12.4. The predicted octanol–water partition coefficient (Wildman–Crippen LogP) is -1.66. The standard InChI is InChI=1S/C9H16O6/c1-2-3-14-9-8(13)7(12)6(11)5(4-10)15-9/h2-3,5-13H,4H2,1H3/t5-,6-,7+,8+,9+/m1/s1. The third-order valence-electron chi connectivity index (χ3n) is 2.20. The zero-order chi connectivity index (χ0) is 11.4. The lowest BCUT2D eigenvalue weighted by atomic mass is 9.99. The van der Waals surface area contributed by atoms with Crippen molar-refractivity contribution in [1.82, 2.24) is 0 Å². The van der Waals surface area contributed by atoms with Crippen LogP contribution in [0.1, 0.15) is 6.92 Å². The first-order chi connectivity index (χ1) is 7.11. The van der Waals surface area contributed by atoms with Crippen molar-refractivity contribution >= 4 is 0 Å². The van der Waals surface area contributed by atoms with Crippen molar-refractivity contribution < 1.29 is 29.9 Å². The van der Waals surface area contributed by atoms with Crippen molar-refractivity contribution in [3.05, 3.63) is 12.3 Å². The first-order valence-electron chi connectivity index (χ1n) is 4.69. The number of hydrogen-bond donors (Lipinski definition) is 4. The number of aliphatic hydroxyl groups excluding tert-OH is 4. The van der Waals surface area contributed by atoms with Crippen molar-refractivity contribution in [3.63, 3.8) is 0 Å². The van der Waals surface area contributed by atoms with Crippen molar-refractivity contribution in [2.24, 2.45) is 0 Å². The van der Waals surface area contributed by atoms with Gasteiger partial charge in [0.15, 0.2) is 0 Å². The molecule has 6 nitrogen and oxygen atoms in total. The van der Waals surface area contributed by atoms with Crippen LogP contribution in [-0.4, -0.2) is 57.7 Å². The molecular weight excluding hydrogens is 204 g/mol. The van der Waals surface area contributed by atoms with E-state index in [4.69, 9.17) is 14.6 Å². The second kappa shape index (κ2) is 5.43. The van der Waals surface area contributed by atoms with E-state index in [0.29, 0.717) is 0 Å². The molecule has 15 heavy (non-hydrogen) atoms. The molecule has 0 amide bonds. The molecule has 5 atom stereocenters. The molecule has 1 saturated heterocycles. The smallest absolute Gasteiger partial charge is 0.228 e. The van der Waals surface area contributed by atoms with Crippen LogP contribution in [0, 0.1) is 0 Å². The Morgan fingerprint density at radius 2 is 1.87 bits per heavy atom. The minimum atomic E-state index is -1.40. The van der Waals surface area contributed by atoms with Gasteiger partial charge in [0.2, 0.25) is 6.29 Å². The molecule has 0 unspecified atom stereocenters. The molecule has 1 heterocycles. The summed E-state index contributed by atoms with van der Waals surface area (Å²) in [4.78, 5) is 0. The van der Waals surface area contributed by atoms with Crippen LogP contribution in [0.5, 0.6) is 0 Å². The maximum absolute atomic E-state index is 9.47. The zero-order valence-corrected chi connectivity index (χ0v) is 8.35. The van der Waals surface area contributed by atoms with Crippen LogP contribution in [0.3, 0.4) is 0 Å². The van der Waals surface area contributed by atoms with Crippen molar-refractivity contribution in [2.45, 2.75) is 37.6 Å². The first-order valence-corrected chi connectivity index (χ1v) is 4.69. The zero-order valence-electron chi connectivity index (χ0n) is 8.35. The van der Waals surface area contributed by atoms with Gasteiger partial charge in [-0.15, -0.1) is 0 Å². The van der Waals surface area contributed by atoms with E-state index >= 15 is 0 Å². The summed E-state index contributed by atoms with van der Waals surface area (Å²) in [6.07, 6.45) is -3.23. The summed E-state index contributed by atoms with van der Waals surface area (Å²) >= 11 is 0. The average Bonchev–Trinajstić information content (AvgIpc) is 2.25. The summed E-state index contributed by atoms with van der Waals surface area (Å²) in [6, 6.07) is 0. The van der Waals surface area contributed by atoms with Crippen molar-refractivity contribution in [3.8, 4) is 0 Å². The molecule has 0 aromatic rings. The highest BCUT2D eigenvalue weighted by molar-refractivity contribution is 4.89. The van der Waals surface area contributed by atoms with E-state index in [1.54, 1.807) is 13.0 Å². The number of hydrogen-bond acceptors (Lipinski definition) is 6. The molecule has 0 radical (unpaired) electrons. The van der Waals surface area contributed by atoms with Gasteiger partial charge < -0.3 is 29.9 Å². The van der Waals surface area contributed by atoms with Gasteiger partial charge in [-0.25, -0.2) is 0 Å². The topological polar surface area (TPSA) is 99.4 Å². The molecule has 1 rings (SSSR count). The third-order valence-corrected chi connectivity index (χ3v) is 2.20. The van der Waals surface area contributed by atoms with Crippen LogP contribution in [0.4, 0.5) is 0 Å². The molecule has 1 aliphatic rings. The van der Waals surface area contributed by atoms with Gasteiger partial charge >= 0.3 is 0 Å². The number of ether oxygens (including phenoxy) is 2. The second-order valence-corrected chi connectivity index (χ2v) is 3.30. The Morgan fingerprint density at radius 1 is 1.20 bits per heavy atom. The lowest BCUT2D eigenvalue weighted by Gasteiger charge is -2.38. The van der Waals surface area contributed by atoms with E-state index in [1.807, 2.05) is 0 Å². The van der Waals surface area contributed by atoms with Gasteiger partial charge in [0.05, 0.1) is 12.9 Å². The largest absolute Gasteiger partial charge is 0.470 e. The maximum Gasteiger partial charge on any atom is 0.228 e. The molecule has 1 aliphatic heterocycles. The monoisotopic (exact) mass is 220 g/mol. The highest BCUT2D eigenvalue weighted by atomic mass is 16.7. The van der Waals surface area contributed by atoms with Crippen LogP contribution in [-0.2, 0) is 9.47 Å². The Bertz CT molecular complexity index is 217. The summed E-state index contributed by atoms with van der Waals surface area (Å²) in [5.41, 5.74) is 0. The van der Waals surface area contributed by atoms with Gasteiger partial charge in [0, 0.05) is 0 Å². The van der Waals surface area contributed by atoms with Crippen LogP contribution in [0.2, 0.25) is 0 Å². The van der Waals surface area contributed by atoms with E-state index in [0.717, 1.165) is 0 Å². The summed E-state index contributed by atoms with van der Waals surface area (Å²) in [5, 5.41) is 37.1. The van der Waals surface area contributed by atoms with Crippen LogP contribution in [0.15, 0.2) is 12.3 Å². The van der Waals surface area contributed by atoms with E-state index < -0.39 is 37.3 Å². The lowest BCUT2D eigenvalue weighted by molar-refractivity contribution is -0.287. The van der Waals surface area contributed by atoms with Gasteiger partial charge in [0.25, 0.3) is 0 Å². The van der Waals surface area contributed by atoms with Crippen LogP contribution in [0.25, 0.3) is 0 Å². The SMILES string of the molecule is CC=CO[C@H]1O[C@H](CO)[C@@H](O)[C@H](O)[C@@H]1O. The van der Waals surface area contributed by atoms with Gasteiger partial charge in [-0.1, -0.05) is 6.08 Å². The summed E-state index contributed by atoms with van der Waals surface area (Å²) in [6.45, 7) is 1.25. The normalized spacial score (nSPS) is 42.1. The van der Waals surface area contributed by atoms with E-state index in [1.165, 1.54) is 6.26 Å². The van der Waals surface area contributed by atoms with Gasteiger partial charge in [-0.3, -0.25) is 0 Å². The van der Waals surface area contributed by atoms with Crippen molar-refractivity contribution in [2.75, 3.05) is 6.61 Å². The minimum Gasteiger partial charge on any atom is -0.470 e. The molecule has 0 aromatic carbocycles. The fourth-order valence-electron chi connectivity index (χ4n) is 1.34. The van der Waals surface area contributed by atoms with E-state index in [-0.39, 0.29) is 0 Å². The number of rotatable bonds is 3. The van der Waals surface area contributed by atoms with Crippen LogP contribution < -0.4 is 0 Å². The third kappa shape index (κ3) is 2.67. The number of allylic oxidation sites excluding steroid dienone is 1. The molecule has 0 aromatic heterocycles. The van der Waals surface area contributed by atoms with Crippen LogP contribution >= 0.6 is 0 Å². The van der Waals surface area contributed by atoms with E-state index in [9.17, 15) is 15.3 Å². The summed E-state index contributed by atoms with van der Waals surface area (Å²) < 4.78 is 10.0. The molecule has 0 saturated carbocycles. The Labute approximate surface area is 87.4 Å². The van der Waals surface area contributed by atoms with Gasteiger partial charge in [0.1, 0.15) is 24.4 Å². The number of aliphatic hydroxyl groups is 4. The highest BCUT2D eigenvalue weighted by Crippen LogP contribution is 2.21. The fraction of sp³-hybridized carbons (Fsp3) is 0.778. The molecule has 6 heteroatoms. The lowest BCUT2D eigenvalue weighted by Crippen LogP contribution is -2.58. The quantitative estimate of drug-likeness (QED) is 0.425. The Kier molecular flexibility index (Phi) is 4.49. The fourth-order valence-corrected chi connectivity index (χ4v) is 1.34.